The quantitative estimate of drug-likeness (QED) is 0.448. The summed E-state index contributed by atoms with van der Waals surface area (Å²) in [6.45, 7) is 0. The number of Topliss-reactive ketones (excluding diaryl/α,β-unsaturated/α-hetero) is 1. The van der Waals surface area contributed by atoms with Crippen molar-refractivity contribution < 1.29 is 18.0 Å². The molecule has 0 aliphatic rings. The number of hydrazone groups is 1. The lowest BCUT2D eigenvalue weighted by atomic mass is 10.4. The first-order chi connectivity index (χ1) is 4.84. The molecule has 0 fully saturated rings. The van der Waals surface area contributed by atoms with E-state index in [2.05, 4.69) is 5.10 Å². The molecule has 6 heteroatoms. The summed E-state index contributed by atoms with van der Waals surface area (Å²) in [4.78, 5) is 10.1. The van der Waals surface area contributed by atoms with E-state index in [0.717, 1.165) is 5.01 Å². The van der Waals surface area contributed by atoms with Gasteiger partial charge in [-0.25, -0.2) is 0 Å². The van der Waals surface area contributed by atoms with Gasteiger partial charge in [0.2, 0.25) is 0 Å². The number of carbonyl (C=O) groups is 1. The Morgan fingerprint density at radius 3 is 2.18 bits per heavy atom. The molecule has 0 saturated carbocycles. The topological polar surface area (TPSA) is 32.7 Å². The molecule has 0 aromatic heterocycles. The van der Waals surface area contributed by atoms with Crippen molar-refractivity contribution in [3.05, 3.63) is 0 Å². The summed E-state index contributed by atoms with van der Waals surface area (Å²) >= 11 is 0. The van der Waals surface area contributed by atoms with Gasteiger partial charge in [0.25, 0.3) is 5.78 Å². The van der Waals surface area contributed by atoms with Crippen molar-refractivity contribution in [1.29, 1.82) is 0 Å². The van der Waals surface area contributed by atoms with E-state index in [1.54, 1.807) is 0 Å². The molecule has 0 aliphatic heterocycles. The maximum atomic E-state index is 11.4. The van der Waals surface area contributed by atoms with E-state index in [-0.39, 0.29) is 6.21 Å². The van der Waals surface area contributed by atoms with Crippen LogP contribution >= 0.6 is 0 Å². The van der Waals surface area contributed by atoms with Gasteiger partial charge >= 0.3 is 6.18 Å². The predicted octanol–water partition coefficient (Wildman–Crippen LogP) is 0.665. The molecular formula is C5H7F3N2O. The van der Waals surface area contributed by atoms with Crippen molar-refractivity contribution in [2.45, 2.75) is 6.18 Å². The van der Waals surface area contributed by atoms with E-state index < -0.39 is 12.0 Å². The highest BCUT2D eigenvalue weighted by Gasteiger charge is 2.36. The van der Waals surface area contributed by atoms with Crippen molar-refractivity contribution in [3.63, 3.8) is 0 Å². The van der Waals surface area contributed by atoms with Crippen molar-refractivity contribution in [2.75, 3.05) is 14.1 Å². The lowest BCUT2D eigenvalue weighted by molar-refractivity contribution is -0.162. The van der Waals surface area contributed by atoms with Crippen LogP contribution in [0.3, 0.4) is 0 Å². The zero-order chi connectivity index (χ0) is 9.07. The highest BCUT2D eigenvalue weighted by molar-refractivity contribution is 6.29. The molecule has 0 unspecified atom stereocenters. The Morgan fingerprint density at radius 1 is 1.45 bits per heavy atom. The standard InChI is InChI=1S/C5H7F3N2O/c1-10(2)9-3-4(11)5(6,7)8/h3H,1-2H3/b9-3-. The van der Waals surface area contributed by atoms with Crippen LogP contribution in [0, 0.1) is 0 Å². The minimum atomic E-state index is -4.82. The van der Waals surface area contributed by atoms with Crippen LogP contribution in [0.5, 0.6) is 0 Å². The van der Waals surface area contributed by atoms with Gasteiger partial charge in [0.15, 0.2) is 0 Å². The van der Waals surface area contributed by atoms with E-state index >= 15 is 0 Å². The molecule has 0 saturated heterocycles. The highest BCUT2D eigenvalue weighted by Crippen LogP contribution is 2.14. The van der Waals surface area contributed by atoms with Crippen LogP contribution in [0.25, 0.3) is 0 Å². The second kappa shape index (κ2) is 3.36. The molecule has 0 spiro atoms. The van der Waals surface area contributed by atoms with Gasteiger partial charge in [-0.1, -0.05) is 0 Å². The lowest BCUT2D eigenvalue weighted by Gasteiger charge is -2.03. The lowest BCUT2D eigenvalue weighted by Crippen LogP contribution is -2.24. The molecule has 0 N–H and O–H groups in total. The first-order valence-electron chi connectivity index (χ1n) is 2.66. The fraction of sp³-hybridized carbons (Fsp3) is 0.600. The van der Waals surface area contributed by atoms with Gasteiger partial charge < -0.3 is 5.01 Å². The normalized spacial score (nSPS) is 12.1. The maximum Gasteiger partial charge on any atom is 0.455 e. The third-order valence-corrected chi connectivity index (χ3v) is 0.685. The molecule has 0 atom stereocenters. The van der Waals surface area contributed by atoms with E-state index in [0.29, 0.717) is 0 Å². The Balaban J connectivity index is 4.09. The van der Waals surface area contributed by atoms with E-state index in [1.165, 1.54) is 14.1 Å². The number of carbonyl (C=O) groups excluding carboxylic acids is 1. The predicted molar refractivity (Wildman–Crippen MR) is 33.2 cm³/mol. The Labute approximate surface area is 61.5 Å². The van der Waals surface area contributed by atoms with Crippen molar-refractivity contribution in [1.82, 2.24) is 5.01 Å². The summed E-state index contributed by atoms with van der Waals surface area (Å²) < 4.78 is 34.3. The summed E-state index contributed by atoms with van der Waals surface area (Å²) in [5.74, 6) is -1.95. The zero-order valence-corrected chi connectivity index (χ0v) is 6.01. The van der Waals surface area contributed by atoms with Crippen LogP contribution in [-0.2, 0) is 4.79 Å². The molecule has 0 amide bonds. The molecule has 64 valence electrons. The van der Waals surface area contributed by atoms with Crippen molar-refractivity contribution in [3.8, 4) is 0 Å². The average Bonchev–Trinajstić information content (AvgIpc) is 1.80. The van der Waals surface area contributed by atoms with E-state index in [4.69, 9.17) is 0 Å². The summed E-state index contributed by atoms with van der Waals surface area (Å²) in [7, 11) is 2.83. The summed E-state index contributed by atoms with van der Waals surface area (Å²) in [6, 6.07) is 0. The molecule has 0 aromatic rings. The van der Waals surface area contributed by atoms with Gasteiger partial charge in [-0.15, -0.1) is 0 Å². The summed E-state index contributed by atoms with van der Waals surface area (Å²) in [5.41, 5.74) is 0. The number of hydrogen-bond acceptors (Lipinski definition) is 3. The van der Waals surface area contributed by atoms with Crippen molar-refractivity contribution >= 4 is 12.0 Å². The van der Waals surface area contributed by atoms with Crippen molar-refractivity contribution in [2.24, 2.45) is 5.10 Å². The third kappa shape index (κ3) is 4.35. The second-order valence-electron chi connectivity index (χ2n) is 1.95. The minimum Gasteiger partial charge on any atom is -0.303 e. The van der Waals surface area contributed by atoms with E-state index in [1.807, 2.05) is 0 Å². The first kappa shape index (κ1) is 9.93. The number of halogens is 3. The van der Waals surface area contributed by atoms with Gasteiger partial charge in [0.1, 0.15) is 0 Å². The molecule has 0 radical (unpaired) electrons. The largest absolute Gasteiger partial charge is 0.455 e. The van der Waals surface area contributed by atoms with Gasteiger partial charge in [-0.2, -0.15) is 18.3 Å². The second-order valence-corrected chi connectivity index (χ2v) is 1.95. The van der Waals surface area contributed by atoms with Crippen LogP contribution in [0.2, 0.25) is 0 Å². The molecule has 0 rings (SSSR count). The van der Waals surface area contributed by atoms with Crippen LogP contribution < -0.4 is 0 Å². The highest BCUT2D eigenvalue weighted by atomic mass is 19.4. The molecule has 0 aliphatic carbocycles. The number of hydrogen-bond donors (Lipinski definition) is 0. The zero-order valence-electron chi connectivity index (χ0n) is 6.01. The molecule has 0 aromatic carbocycles. The van der Waals surface area contributed by atoms with Crippen LogP contribution in [0.1, 0.15) is 0 Å². The molecule has 11 heavy (non-hydrogen) atoms. The number of alkyl halides is 3. The Kier molecular flexibility index (Phi) is 3.03. The van der Waals surface area contributed by atoms with Gasteiger partial charge in [0, 0.05) is 14.1 Å². The average molecular weight is 168 g/mol. The molecular weight excluding hydrogens is 161 g/mol. The number of rotatable bonds is 2. The summed E-state index contributed by atoms with van der Waals surface area (Å²) in [5, 5.41) is 4.23. The van der Waals surface area contributed by atoms with Gasteiger partial charge in [-0.05, 0) is 0 Å². The smallest absolute Gasteiger partial charge is 0.303 e. The Bertz CT molecular complexity index is 173. The van der Waals surface area contributed by atoms with Gasteiger partial charge in [0.05, 0.1) is 6.21 Å². The monoisotopic (exact) mass is 168 g/mol. The third-order valence-electron chi connectivity index (χ3n) is 0.685. The number of nitrogens with zero attached hydrogens (tertiary/aromatic N) is 2. The molecule has 0 heterocycles. The Morgan fingerprint density at radius 2 is 1.91 bits per heavy atom. The maximum absolute atomic E-state index is 11.4. The fourth-order valence-electron chi connectivity index (χ4n) is 0.241. The fourth-order valence-corrected chi connectivity index (χ4v) is 0.241. The minimum absolute atomic E-state index is 0.236. The summed E-state index contributed by atoms with van der Waals surface area (Å²) in [6.07, 6.45) is -4.58. The molecule has 3 nitrogen and oxygen atoms in total. The van der Waals surface area contributed by atoms with Gasteiger partial charge in [-0.3, -0.25) is 4.79 Å². The van der Waals surface area contributed by atoms with E-state index in [9.17, 15) is 18.0 Å². The van der Waals surface area contributed by atoms with Crippen LogP contribution in [0.4, 0.5) is 13.2 Å². The number of ketones is 1. The SMILES string of the molecule is CN(C)/N=C\C(=O)C(F)(F)F. The Hall–Kier alpha value is -1.07. The molecule has 0 bridgehead atoms. The van der Waals surface area contributed by atoms with Crippen LogP contribution in [0.15, 0.2) is 5.10 Å². The first-order valence-corrected chi connectivity index (χ1v) is 2.66. The van der Waals surface area contributed by atoms with Crippen LogP contribution in [-0.4, -0.2) is 37.3 Å².